The fourth-order valence-electron chi connectivity index (χ4n) is 2.30. The first-order valence-electron chi connectivity index (χ1n) is 6.58. The van der Waals surface area contributed by atoms with E-state index in [4.69, 9.17) is 4.74 Å². The summed E-state index contributed by atoms with van der Waals surface area (Å²) in [5, 5.41) is 0.0985. The molecule has 1 aromatic carbocycles. The Hall–Kier alpha value is -0.863. The SMILES string of the molecule is CC(C=CC1([SiH3])CCCCO1)c1ccccc1. The van der Waals surface area contributed by atoms with Gasteiger partial charge in [-0.05, 0) is 30.7 Å². The van der Waals surface area contributed by atoms with Crippen molar-refractivity contribution in [1.29, 1.82) is 0 Å². The first kappa shape index (κ1) is 12.6. The summed E-state index contributed by atoms with van der Waals surface area (Å²) in [6.07, 6.45) is 8.38. The smallest absolute Gasteiger partial charge is 0.0656 e. The molecule has 1 aliphatic heterocycles. The highest BCUT2D eigenvalue weighted by atomic mass is 28.1. The minimum atomic E-state index is 0.0985. The van der Waals surface area contributed by atoms with E-state index in [1.165, 1.54) is 24.8 Å². The van der Waals surface area contributed by atoms with Gasteiger partial charge in [0, 0.05) is 16.8 Å². The van der Waals surface area contributed by atoms with Crippen molar-refractivity contribution < 1.29 is 4.74 Å². The summed E-state index contributed by atoms with van der Waals surface area (Å²) < 4.78 is 5.93. The van der Waals surface area contributed by atoms with Gasteiger partial charge in [-0.15, -0.1) is 0 Å². The Kier molecular flexibility index (Phi) is 4.19. The van der Waals surface area contributed by atoms with Crippen molar-refractivity contribution in [2.45, 2.75) is 37.3 Å². The molecule has 0 spiro atoms. The van der Waals surface area contributed by atoms with Crippen LogP contribution in [0.1, 0.15) is 37.7 Å². The molecule has 1 saturated heterocycles. The third-order valence-corrected chi connectivity index (χ3v) is 4.68. The molecule has 2 atom stereocenters. The normalized spacial score (nSPS) is 27.4. The molecule has 0 N–H and O–H groups in total. The van der Waals surface area contributed by atoms with Crippen LogP contribution in [0.2, 0.25) is 0 Å². The Morgan fingerprint density at radius 1 is 1.29 bits per heavy atom. The maximum atomic E-state index is 5.93. The molecule has 17 heavy (non-hydrogen) atoms. The zero-order valence-electron chi connectivity index (χ0n) is 10.9. The molecule has 0 bridgehead atoms. The molecule has 2 unspecified atom stereocenters. The van der Waals surface area contributed by atoms with Crippen LogP contribution in [0.3, 0.4) is 0 Å². The number of hydrogen-bond acceptors (Lipinski definition) is 1. The van der Waals surface area contributed by atoms with E-state index >= 15 is 0 Å². The summed E-state index contributed by atoms with van der Waals surface area (Å²) >= 11 is 0. The molecule has 0 saturated carbocycles. The molecule has 0 aliphatic carbocycles. The summed E-state index contributed by atoms with van der Waals surface area (Å²) in [4.78, 5) is 0. The van der Waals surface area contributed by atoms with Gasteiger partial charge in [0.25, 0.3) is 0 Å². The zero-order chi connectivity index (χ0) is 12.1. The Balaban J connectivity index is 2.00. The summed E-state index contributed by atoms with van der Waals surface area (Å²) in [7, 11) is 1.09. The van der Waals surface area contributed by atoms with Crippen molar-refractivity contribution >= 4 is 10.2 Å². The van der Waals surface area contributed by atoms with Gasteiger partial charge in [-0.1, -0.05) is 49.4 Å². The molecular formula is C15H22OSi. The third-order valence-electron chi connectivity index (χ3n) is 3.56. The van der Waals surface area contributed by atoms with Crippen LogP contribution >= 0.6 is 0 Å². The van der Waals surface area contributed by atoms with E-state index < -0.39 is 0 Å². The summed E-state index contributed by atoms with van der Waals surface area (Å²) in [6, 6.07) is 10.7. The number of allylic oxidation sites excluding steroid dienone is 1. The average Bonchev–Trinajstić information content (AvgIpc) is 2.38. The maximum absolute atomic E-state index is 5.93. The molecule has 1 aromatic rings. The lowest BCUT2D eigenvalue weighted by molar-refractivity contribution is 0.0152. The molecule has 1 nitrogen and oxygen atoms in total. The molecule has 2 heteroatoms. The second kappa shape index (κ2) is 5.65. The molecule has 92 valence electrons. The molecule has 0 aromatic heterocycles. The Morgan fingerprint density at radius 2 is 2.06 bits per heavy atom. The molecule has 0 amide bonds. The third kappa shape index (κ3) is 3.55. The summed E-state index contributed by atoms with van der Waals surface area (Å²) in [5.74, 6) is 0.479. The number of benzene rings is 1. The van der Waals surface area contributed by atoms with Gasteiger partial charge in [-0.2, -0.15) is 0 Å². The Morgan fingerprint density at radius 3 is 2.71 bits per heavy atom. The van der Waals surface area contributed by atoms with Gasteiger partial charge in [0.05, 0.1) is 5.22 Å². The molecule has 0 radical (unpaired) electrons. The lowest BCUT2D eigenvalue weighted by atomic mass is 9.99. The van der Waals surface area contributed by atoms with Crippen LogP contribution in [0.15, 0.2) is 42.5 Å². The fraction of sp³-hybridized carbons (Fsp3) is 0.467. The van der Waals surface area contributed by atoms with Gasteiger partial charge in [0.1, 0.15) is 0 Å². The van der Waals surface area contributed by atoms with Crippen molar-refractivity contribution in [2.24, 2.45) is 0 Å². The van der Waals surface area contributed by atoms with Gasteiger partial charge in [0.2, 0.25) is 0 Å². The lowest BCUT2D eigenvalue weighted by Crippen LogP contribution is -2.34. The Labute approximate surface area is 107 Å². The standard InChI is InChI=1S/C15H22OSi/c1-13(14-7-3-2-4-8-14)9-11-15(17)10-5-6-12-16-15/h2-4,7-9,11,13H,5-6,10,12H2,1,17H3. The summed E-state index contributed by atoms with van der Waals surface area (Å²) in [5.41, 5.74) is 1.38. The van der Waals surface area contributed by atoms with Crippen LogP contribution in [-0.2, 0) is 4.74 Å². The molecule has 1 fully saturated rings. The van der Waals surface area contributed by atoms with Gasteiger partial charge < -0.3 is 4.74 Å². The fourth-order valence-corrected chi connectivity index (χ4v) is 3.05. The highest BCUT2D eigenvalue weighted by molar-refractivity contribution is 6.16. The second-order valence-electron chi connectivity index (χ2n) is 5.18. The molecule has 1 heterocycles. The number of rotatable bonds is 3. The topological polar surface area (TPSA) is 9.23 Å². The Bertz CT molecular complexity index is 366. The monoisotopic (exact) mass is 246 g/mol. The number of ether oxygens (including phenoxy) is 1. The van der Waals surface area contributed by atoms with Crippen LogP contribution in [0, 0.1) is 0 Å². The van der Waals surface area contributed by atoms with Gasteiger partial charge in [-0.25, -0.2) is 0 Å². The van der Waals surface area contributed by atoms with Crippen LogP contribution in [0.4, 0.5) is 0 Å². The van der Waals surface area contributed by atoms with Gasteiger partial charge >= 0.3 is 0 Å². The maximum Gasteiger partial charge on any atom is 0.0656 e. The van der Waals surface area contributed by atoms with E-state index in [2.05, 4.69) is 49.4 Å². The van der Waals surface area contributed by atoms with Crippen LogP contribution in [0.25, 0.3) is 0 Å². The van der Waals surface area contributed by atoms with E-state index in [0.29, 0.717) is 5.92 Å². The van der Waals surface area contributed by atoms with E-state index in [1.54, 1.807) is 0 Å². The molecule has 1 aliphatic rings. The van der Waals surface area contributed by atoms with E-state index in [-0.39, 0.29) is 5.22 Å². The predicted molar refractivity (Wildman–Crippen MR) is 76.5 cm³/mol. The van der Waals surface area contributed by atoms with Crippen molar-refractivity contribution in [3.8, 4) is 0 Å². The predicted octanol–water partition coefficient (Wildman–Crippen LogP) is 2.61. The van der Waals surface area contributed by atoms with Crippen molar-refractivity contribution in [3.63, 3.8) is 0 Å². The van der Waals surface area contributed by atoms with E-state index in [0.717, 1.165) is 16.8 Å². The van der Waals surface area contributed by atoms with Crippen LogP contribution < -0.4 is 0 Å². The average molecular weight is 246 g/mol. The molecular weight excluding hydrogens is 224 g/mol. The highest BCUT2D eigenvalue weighted by Gasteiger charge is 2.24. The number of hydrogen-bond donors (Lipinski definition) is 0. The lowest BCUT2D eigenvalue weighted by Gasteiger charge is -2.31. The first-order valence-corrected chi connectivity index (χ1v) is 7.58. The van der Waals surface area contributed by atoms with Crippen LogP contribution in [0.5, 0.6) is 0 Å². The van der Waals surface area contributed by atoms with Gasteiger partial charge in [-0.3, -0.25) is 0 Å². The zero-order valence-corrected chi connectivity index (χ0v) is 12.9. The highest BCUT2D eigenvalue weighted by Crippen LogP contribution is 2.25. The molecule has 2 rings (SSSR count). The van der Waals surface area contributed by atoms with Crippen molar-refractivity contribution in [2.75, 3.05) is 6.61 Å². The van der Waals surface area contributed by atoms with Gasteiger partial charge in [0.15, 0.2) is 0 Å². The quantitative estimate of drug-likeness (QED) is 0.588. The first-order chi connectivity index (χ1) is 8.20. The van der Waals surface area contributed by atoms with Crippen molar-refractivity contribution in [1.82, 2.24) is 0 Å². The van der Waals surface area contributed by atoms with Crippen LogP contribution in [-0.4, -0.2) is 22.1 Å². The minimum absolute atomic E-state index is 0.0985. The second-order valence-corrected chi connectivity index (χ2v) is 6.87. The van der Waals surface area contributed by atoms with Crippen molar-refractivity contribution in [3.05, 3.63) is 48.0 Å². The largest absolute Gasteiger partial charge is 0.376 e. The minimum Gasteiger partial charge on any atom is -0.376 e. The summed E-state index contributed by atoms with van der Waals surface area (Å²) in [6.45, 7) is 3.19. The van der Waals surface area contributed by atoms with E-state index in [9.17, 15) is 0 Å². The van der Waals surface area contributed by atoms with E-state index in [1.807, 2.05) is 0 Å².